The standard InChI is InChI=1S/C63H113N2O7P/c1-7-10-13-16-19-22-25-28-29-30-31-32-33-34-35-38-41-44-47-50-53-56-63(67)72-61(54-51-48-45-42-39-36-26-23-20-17-14-11-8-2)60(59-71-73(68,69)70-58-57-65(4,5)6)64-62(66)55-52-49-46-43-40-37-27-24-21-18-15-12-9-3/h19,22,28-29,31-32,34-35,37,40,46,49,51,54,60-61H,7-18,20-21,23-27,30,33,36,38-39,41-45,47-48,50,52-53,55-59H2,1-6H3,(H-,64,66,68,69)/b22-19-,29-28-,32-31-,35-34-,40-37-,49-46+,54-51-. The zero-order valence-corrected chi connectivity index (χ0v) is 49.0. The summed E-state index contributed by atoms with van der Waals surface area (Å²) in [5, 5.41) is 2.97. The van der Waals surface area contributed by atoms with Crippen LogP contribution in [0.4, 0.5) is 0 Å². The Morgan fingerprint density at radius 3 is 1.30 bits per heavy atom. The van der Waals surface area contributed by atoms with E-state index in [9.17, 15) is 19.0 Å². The molecule has 0 fully saturated rings. The molecule has 0 aliphatic heterocycles. The van der Waals surface area contributed by atoms with Gasteiger partial charge in [0.15, 0.2) is 0 Å². The molecule has 0 bridgehead atoms. The van der Waals surface area contributed by atoms with Crippen molar-refractivity contribution in [2.75, 3.05) is 40.9 Å². The molecule has 1 amide bonds. The van der Waals surface area contributed by atoms with Gasteiger partial charge in [-0.3, -0.25) is 14.2 Å². The number of phosphoric acid groups is 1. The molecule has 0 aromatic rings. The number of ether oxygens (including phenoxy) is 1. The number of nitrogens with one attached hydrogen (secondary N) is 1. The van der Waals surface area contributed by atoms with E-state index in [0.29, 0.717) is 23.9 Å². The summed E-state index contributed by atoms with van der Waals surface area (Å²) in [4.78, 5) is 39.8. The lowest BCUT2D eigenvalue weighted by atomic mass is 10.0. The van der Waals surface area contributed by atoms with E-state index >= 15 is 0 Å². The van der Waals surface area contributed by atoms with Crippen molar-refractivity contribution >= 4 is 19.7 Å². The summed E-state index contributed by atoms with van der Waals surface area (Å²) in [5.41, 5.74) is 0. The molecule has 73 heavy (non-hydrogen) atoms. The Labute approximate surface area is 450 Å². The van der Waals surface area contributed by atoms with E-state index in [1.807, 2.05) is 39.4 Å². The number of unbranched alkanes of at least 4 members (excludes halogenated alkanes) is 25. The Bertz CT molecular complexity index is 1530. The highest BCUT2D eigenvalue weighted by atomic mass is 31.2. The van der Waals surface area contributed by atoms with Crippen molar-refractivity contribution in [3.8, 4) is 0 Å². The van der Waals surface area contributed by atoms with E-state index in [2.05, 4.69) is 92.9 Å². The number of hydrogen-bond donors (Lipinski definition) is 1. The van der Waals surface area contributed by atoms with Gasteiger partial charge in [-0.15, -0.1) is 0 Å². The van der Waals surface area contributed by atoms with Crippen LogP contribution in [0, 0.1) is 0 Å². The smallest absolute Gasteiger partial charge is 0.306 e. The van der Waals surface area contributed by atoms with Crippen molar-refractivity contribution in [3.63, 3.8) is 0 Å². The third-order valence-electron chi connectivity index (χ3n) is 12.8. The molecule has 0 aromatic heterocycles. The number of esters is 1. The number of carbonyl (C=O) groups excluding carboxylic acids is 2. The second kappa shape index (κ2) is 52.6. The molecule has 9 nitrogen and oxygen atoms in total. The quantitative estimate of drug-likeness (QED) is 0.0212. The lowest BCUT2D eigenvalue weighted by Gasteiger charge is -2.30. The molecule has 0 aliphatic rings. The molecule has 0 rings (SSSR count). The highest BCUT2D eigenvalue weighted by Crippen LogP contribution is 2.38. The minimum Gasteiger partial charge on any atom is -0.756 e. The molecule has 1 N–H and O–H groups in total. The Morgan fingerprint density at radius 2 is 0.849 bits per heavy atom. The molecular formula is C63H113N2O7P. The number of hydrogen-bond acceptors (Lipinski definition) is 7. The topological polar surface area (TPSA) is 114 Å². The van der Waals surface area contributed by atoms with Gasteiger partial charge in [-0.1, -0.05) is 228 Å². The van der Waals surface area contributed by atoms with Gasteiger partial charge in [0.05, 0.1) is 33.8 Å². The fourth-order valence-electron chi connectivity index (χ4n) is 8.14. The molecule has 0 heterocycles. The number of carbonyl (C=O) groups is 2. The summed E-state index contributed by atoms with van der Waals surface area (Å²) >= 11 is 0. The molecule has 0 spiro atoms. The van der Waals surface area contributed by atoms with Gasteiger partial charge < -0.3 is 28.5 Å². The summed E-state index contributed by atoms with van der Waals surface area (Å²) in [6.07, 6.45) is 68.5. The van der Waals surface area contributed by atoms with E-state index in [-0.39, 0.29) is 31.3 Å². The average Bonchev–Trinajstić information content (AvgIpc) is 3.35. The van der Waals surface area contributed by atoms with E-state index in [1.165, 1.54) is 122 Å². The van der Waals surface area contributed by atoms with Crippen molar-refractivity contribution in [1.29, 1.82) is 0 Å². The van der Waals surface area contributed by atoms with Crippen LogP contribution >= 0.6 is 7.82 Å². The van der Waals surface area contributed by atoms with Gasteiger partial charge in [0.2, 0.25) is 5.91 Å². The summed E-state index contributed by atoms with van der Waals surface area (Å²) in [5.74, 6) is -0.642. The van der Waals surface area contributed by atoms with Crippen LogP contribution in [-0.4, -0.2) is 69.4 Å². The number of allylic oxidation sites excluding steroid dienone is 13. The molecule has 0 aliphatic carbocycles. The van der Waals surface area contributed by atoms with Crippen LogP contribution < -0.4 is 10.2 Å². The maximum Gasteiger partial charge on any atom is 0.306 e. The number of amides is 1. The van der Waals surface area contributed by atoms with Gasteiger partial charge in [-0.25, -0.2) is 0 Å². The summed E-state index contributed by atoms with van der Waals surface area (Å²) in [6.45, 7) is 6.74. The van der Waals surface area contributed by atoms with Gasteiger partial charge in [-0.05, 0) is 96.0 Å². The monoisotopic (exact) mass is 1040 g/mol. The van der Waals surface area contributed by atoms with Crippen molar-refractivity contribution in [3.05, 3.63) is 85.1 Å². The average molecular weight is 1040 g/mol. The molecule has 0 saturated carbocycles. The number of likely N-dealkylation sites (N-methyl/N-ethyl adjacent to an activating group) is 1. The van der Waals surface area contributed by atoms with Crippen molar-refractivity contribution in [2.45, 2.75) is 264 Å². The van der Waals surface area contributed by atoms with Gasteiger partial charge in [-0.2, -0.15) is 0 Å². The molecule has 0 radical (unpaired) electrons. The number of quaternary nitrogens is 1. The van der Waals surface area contributed by atoms with Crippen LogP contribution in [0.3, 0.4) is 0 Å². The maximum atomic E-state index is 13.4. The molecule has 3 unspecified atom stereocenters. The largest absolute Gasteiger partial charge is 0.756 e. The fourth-order valence-corrected chi connectivity index (χ4v) is 8.87. The van der Waals surface area contributed by atoms with Crippen LogP contribution in [0.5, 0.6) is 0 Å². The van der Waals surface area contributed by atoms with E-state index < -0.39 is 26.6 Å². The van der Waals surface area contributed by atoms with E-state index in [1.54, 1.807) is 0 Å². The Balaban J connectivity index is 5.40. The third-order valence-corrected chi connectivity index (χ3v) is 13.8. The first kappa shape index (κ1) is 70.2. The van der Waals surface area contributed by atoms with Gasteiger partial charge in [0, 0.05) is 12.8 Å². The highest BCUT2D eigenvalue weighted by molar-refractivity contribution is 7.45. The molecule has 3 atom stereocenters. The minimum absolute atomic E-state index is 0.0380. The predicted octanol–water partition coefficient (Wildman–Crippen LogP) is 17.6. The summed E-state index contributed by atoms with van der Waals surface area (Å²) in [7, 11) is 1.13. The normalized spacial score (nSPS) is 14.3. The summed E-state index contributed by atoms with van der Waals surface area (Å²) in [6, 6.07) is -0.930. The predicted molar refractivity (Wildman–Crippen MR) is 311 cm³/mol. The Morgan fingerprint density at radius 1 is 0.479 bits per heavy atom. The number of rotatable bonds is 53. The molecular weight excluding hydrogens is 928 g/mol. The van der Waals surface area contributed by atoms with Crippen LogP contribution in [0.25, 0.3) is 0 Å². The van der Waals surface area contributed by atoms with Crippen LogP contribution in [0.2, 0.25) is 0 Å². The third kappa shape index (κ3) is 53.8. The zero-order chi connectivity index (χ0) is 53.6. The van der Waals surface area contributed by atoms with Crippen LogP contribution in [0.1, 0.15) is 252 Å². The van der Waals surface area contributed by atoms with Crippen molar-refractivity contribution in [1.82, 2.24) is 5.32 Å². The minimum atomic E-state index is -4.72. The second-order valence-corrected chi connectivity index (χ2v) is 22.6. The molecule has 10 heteroatoms. The lowest BCUT2D eigenvalue weighted by molar-refractivity contribution is -0.870. The first-order chi connectivity index (χ1) is 35.4. The Hall–Kier alpha value is -2.81. The zero-order valence-electron chi connectivity index (χ0n) is 48.1. The first-order valence-electron chi connectivity index (χ1n) is 29.9. The summed E-state index contributed by atoms with van der Waals surface area (Å²) < 4.78 is 30.2. The Kier molecular flexibility index (Phi) is 50.6. The fraction of sp³-hybridized carbons (Fsp3) is 0.746. The number of phosphoric ester groups is 1. The first-order valence-corrected chi connectivity index (χ1v) is 31.4. The SMILES string of the molecule is CCCCC/C=C\C/C=C\C/C=C\C/C=C\CCCCCCCC(=O)OC(/C=C\CCCCCCCCCCCCC)C(COP(=O)([O-])OCC[N+](C)(C)C)NC(=O)CC/C=C/C/C=C\CCCCCCCC. The van der Waals surface area contributed by atoms with Crippen molar-refractivity contribution < 1.29 is 37.3 Å². The second-order valence-electron chi connectivity index (χ2n) is 21.1. The van der Waals surface area contributed by atoms with Gasteiger partial charge >= 0.3 is 5.97 Å². The molecule has 0 saturated heterocycles. The highest BCUT2D eigenvalue weighted by Gasteiger charge is 2.27. The van der Waals surface area contributed by atoms with Crippen LogP contribution in [0.15, 0.2) is 85.1 Å². The number of nitrogens with zero attached hydrogens (tertiary/aromatic N) is 1. The maximum absolute atomic E-state index is 13.4. The van der Waals surface area contributed by atoms with E-state index in [4.69, 9.17) is 13.8 Å². The van der Waals surface area contributed by atoms with Crippen molar-refractivity contribution in [2.24, 2.45) is 0 Å². The van der Waals surface area contributed by atoms with Gasteiger partial charge in [0.1, 0.15) is 19.3 Å². The van der Waals surface area contributed by atoms with Crippen LogP contribution in [-0.2, 0) is 27.9 Å². The van der Waals surface area contributed by atoms with Gasteiger partial charge in [0.25, 0.3) is 7.82 Å². The van der Waals surface area contributed by atoms with E-state index in [0.717, 1.165) is 83.5 Å². The lowest BCUT2D eigenvalue weighted by Crippen LogP contribution is -2.47. The molecule has 422 valence electrons. The molecule has 0 aromatic carbocycles.